The normalized spacial score (nSPS) is 12.4. The van der Waals surface area contributed by atoms with Gasteiger partial charge in [-0.25, -0.2) is 0 Å². The first-order valence-electron chi connectivity index (χ1n) is 5.58. The molecule has 17 heavy (non-hydrogen) atoms. The van der Waals surface area contributed by atoms with Crippen LogP contribution in [0, 0.1) is 0 Å². The summed E-state index contributed by atoms with van der Waals surface area (Å²) in [5.74, 6) is 1.23. The molecule has 4 nitrogen and oxygen atoms in total. The van der Waals surface area contributed by atoms with Crippen molar-refractivity contribution in [2.24, 2.45) is 0 Å². The molecule has 1 unspecified atom stereocenters. The van der Waals surface area contributed by atoms with Crippen LogP contribution in [0.2, 0.25) is 0 Å². The average molecular weight is 257 g/mol. The lowest BCUT2D eigenvalue weighted by molar-refractivity contribution is 0.149. The third-order valence-electron chi connectivity index (χ3n) is 2.29. The van der Waals surface area contributed by atoms with Crippen LogP contribution in [0.15, 0.2) is 23.1 Å². The number of benzene rings is 1. The largest absolute Gasteiger partial charge is 0.497 e. The number of methoxy groups -OCH3 is 1. The Labute approximate surface area is 105 Å². The summed E-state index contributed by atoms with van der Waals surface area (Å²) in [7, 11) is 0.481. The summed E-state index contributed by atoms with van der Waals surface area (Å²) < 4.78 is 22.3. The number of rotatable bonds is 7. The van der Waals surface area contributed by atoms with Crippen LogP contribution in [0.5, 0.6) is 5.75 Å². The van der Waals surface area contributed by atoms with Gasteiger partial charge in [0.05, 0.1) is 22.8 Å². The standard InChI is InChI=1S/C12H19NO3S/c1-3-16-7-4-8-17(14)12-9-10(15-2)5-6-11(12)13/h5-6,9H,3-4,7-8,13H2,1-2H3. The number of nitrogen functional groups attached to an aromatic ring is 1. The maximum atomic E-state index is 12.0. The third-order valence-corrected chi connectivity index (χ3v) is 3.79. The van der Waals surface area contributed by atoms with Crippen molar-refractivity contribution in [1.82, 2.24) is 0 Å². The van der Waals surface area contributed by atoms with Crippen LogP contribution < -0.4 is 10.5 Å². The summed E-state index contributed by atoms with van der Waals surface area (Å²) in [6.07, 6.45) is 0.761. The van der Waals surface area contributed by atoms with Gasteiger partial charge in [-0.2, -0.15) is 0 Å². The van der Waals surface area contributed by atoms with Gasteiger partial charge >= 0.3 is 0 Å². The molecule has 1 atom stereocenters. The van der Waals surface area contributed by atoms with Gasteiger partial charge in [0, 0.05) is 24.7 Å². The topological polar surface area (TPSA) is 61.5 Å². The van der Waals surface area contributed by atoms with E-state index in [2.05, 4.69) is 0 Å². The zero-order valence-electron chi connectivity index (χ0n) is 10.3. The van der Waals surface area contributed by atoms with E-state index < -0.39 is 10.8 Å². The highest BCUT2D eigenvalue weighted by Gasteiger charge is 2.09. The van der Waals surface area contributed by atoms with E-state index in [-0.39, 0.29) is 0 Å². The summed E-state index contributed by atoms with van der Waals surface area (Å²) in [4.78, 5) is 0.640. The van der Waals surface area contributed by atoms with Crippen molar-refractivity contribution in [1.29, 1.82) is 0 Å². The van der Waals surface area contributed by atoms with E-state index in [1.54, 1.807) is 25.3 Å². The first-order valence-corrected chi connectivity index (χ1v) is 6.90. The van der Waals surface area contributed by atoms with Crippen LogP contribution in [0.4, 0.5) is 5.69 Å². The van der Waals surface area contributed by atoms with Gasteiger partial charge in [-0.05, 0) is 31.5 Å². The SMILES string of the molecule is CCOCCCS(=O)c1cc(OC)ccc1N. The second-order valence-electron chi connectivity index (χ2n) is 3.50. The first kappa shape index (κ1) is 14.0. The minimum absolute atomic E-state index is 0.542. The molecule has 2 N–H and O–H groups in total. The van der Waals surface area contributed by atoms with Crippen molar-refractivity contribution in [2.75, 3.05) is 31.8 Å². The lowest BCUT2D eigenvalue weighted by Gasteiger charge is -2.08. The Morgan fingerprint density at radius 2 is 2.18 bits per heavy atom. The van der Waals surface area contributed by atoms with E-state index in [1.165, 1.54) is 0 Å². The minimum atomic E-state index is -1.10. The van der Waals surface area contributed by atoms with Crippen LogP contribution in [0.3, 0.4) is 0 Å². The fraction of sp³-hybridized carbons (Fsp3) is 0.500. The molecule has 0 aliphatic heterocycles. The van der Waals surface area contributed by atoms with Crippen molar-refractivity contribution in [3.63, 3.8) is 0 Å². The van der Waals surface area contributed by atoms with Crippen molar-refractivity contribution in [3.05, 3.63) is 18.2 Å². The highest BCUT2D eigenvalue weighted by atomic mass is 32.2. The van der Waals surface area contributed by atoms with Gasteiger partial charge in [0.2, 0.25) is 0 Å². The number of nitrogens with two attached hydrogens (primary N) is 1. The molecule has 0 radical (unpaired) electrons. The van der Waals surface area contributed by atoms with Crippen molar-refractivity contribution in [2.45, 2.75) is 18.2 Å². The molecule has 0 spiro atoms. The van der Waals surface area contributed by atoms with Crippen molar-refractivity contribution >= 4 is 16.5 Å². The molecule has 96 valence electrons. The predicted molar refractivity (Wildman–Crippen MR) is 69.8 cm³/mol. The highest BCUT2D eigenvalue weighted by Crippen LogP contribution is 2.23. The Bertz CT molecular complexity index is 382. The number of anilines is 1. The van der Waals surface area contributed by atoms with E-state index in [9.17, 15) is 4.21 Å². The quantitative estimate of drug-likeness (QED) is 0.598. The first-order chi connectivity index (χ1) is 8.19. The molecule has 0 saturated carbocycles. The Kier molecular flexibility index (Phi) is 6.00. The molecule has 0 heterocycles. The highest BCUT2D eigenvalue weighted by molar-refractivity contribution is 7.85. The van der Waals surface area contributed by atoms with Gasteiger partial charge in [0.1, 0.15) is 5.75 Å². The fourth-order valence-electron chi connectivity index (χ4n) is 1.39. The molecule has 5 heteroatoms. The molecular weight excluding hydrogens is 238 g/mol. The van der Waals surface area contributed by atoms with E-state index >= 15 is 0 Å². The number of hydrogen-bond acceptors (Lipinski definition) is 4. The molecule has 1 aromatic rings. The average Bonchev–Trinajstić information content (AvgIpc) is 2.35. The molecule has 1 rings (SSSR count). The smallest absolute Gasteiger partial charge is 0.120 e. The maximum absolute atomic E-state index is 12.0. The Balaban J connectivity index is 2.61. The van der Waals surface area contributed by atoms with Crippen molar-refractivity contribution < 1.29 is 13.7 Å². The van der Waals surface area contributed by atoms with Crippen molar-refractivity contribution in [3.8, 4) is 5.75 Å². The Hall–Kier alpha value is -1.07. The van der Waals surface area contributed by atoms with Crippen LogP contribution >= 0.6 is 0 Å². The zero-order valence-corrected chi connectivity index (χ0v) is 11.1. The molecule has 0 aliphatic carbocycles. The molecular formula is C12H19NO3S. The van der Waals surface area contributed by atoms with Crippen LogP contribution in [-0.2, 0) is 15.5 Å². The minimum Gasteiger partial charge on any atom is -0.497 e. The van der Waals surface area contributed by atoms with E-state index in [0.29, 0.717) is 35.3 Å². The van der Waals surface area contributed by atoms with E-state index in [1.807, 2.05) is 6.92 Å². The van der Waals surface area contributed by atoms with E-state index in [0.717, 1.165) is 6.42 Å². The Morgan fingerprint density at radius 3 is 2.82 bits per heavy atom. The zero-order chi connectivity index (χ0) is 12.7. The number of hydrogen-bond donors (Lipinski definition) is 1. The monoisotopic (exact) mass is 257 g/mol. The molecule has 0 aliphatic rings. The fourth-order valence-corrected chi connectivity index (χ4v) is 2.56. The lowest BCUT2D eigenvalue weighted by atomic mass is 10.3. The van der Waals surface area contributed by atoms with Gasteiger partial charge in [0.25, 0.3) is 0 Å². The summed E-state index contributed by atoms with van der Waals surface area (Å²) in [5, 5.41) is 0. The van der Waals surface area contributed by atoms with Crippen LogP contribution in [0.25, 0.3) is 0 Å². The van der Waals surface area contributed by atoms with Crippen LogP contribution in [0.1, 0.15) is 13.3 Å². The predicted octanol–water partition coefficient (Wildman–Crippen LogP) is 1.81. The van der Waals surface area contributed by atoms with E-state index in [4.69, 9.17) is 15.2 Å². The molecule has 0 fully saturated rings. The van der Waals surface area contributed by atoms with Gasteiger partial charge in [-0.15, -0.1) is 0 Å². The lowest BCUT2D eigenvalue weighted by Crippen LogP contribution is -2.05. The molecule has 0 aromatic heterocycles. The summed E-state index contributed by atoms with van der Waals surface area (Å²) >= 11 is 0. The second kappa shape index (κ2) is 7.29. The second-order valence-corrected chi connectivity index (χ2v) is 5.04. The number of ether oxygens (including phenoxy) is 2. The molecule has 0 saturated heterocycles. The maximum Gasteiger partial charge on any atom is 0.120 e. The molecule has 1 aromatic carbocycles. The summed E-state index contributed by atoms with van der Waals surface area (Å²) in [6.45, 7) is 3.26. The summed E-state index contributed by atoms with van der Waals surface area (Å²) in [6, 6.07) is 5.21. The van der Waals surface area contributed by atoms with Crippen LogP contribution in [-0.4, -0.2) is 30.3 Å². The third kappa shape index (κ3) is 4.36. The summed E-state index contributed by atoms with van der Waals surface area (Å²) in [5.41, 5.74) is 6.34. The van der Waals surface area contributed by atoms with Gasteiger partial charge in [-0.1, -0.05) is 0 Å². The molecule has 0 bridgehead atoms. The van der Waals surface area contributed by atoms with Gasteiger partial charge < -0.3 is 15.2 Å². The molecule has 0 amide bonds. The van der Waals surface area contributed by atoms with Gasteiger partial charge in [-0.3, -0.25) is 4.21 Å². The Morgan fingerprint density at radius 1 is 1.41 bits per heavy atom. The van der Waals surface area contributed by atoms with Gasteiger partial charge in [0.15, 0.2) is 0 Å².